The number of carbonyl (C=O) groups excluding carboxylic acids is 1. The molecule has 4 nitrogen and oxygen atoms in total. The number of esters is 1. The van der Waals surface area contributed by atoms with E-state index in [4.69, 9.17) is 15.2 Å². The molecule has 0 atom stereocenters. The number of nitrogens with two attached hydrogens (primary N) is 1. The van der Waals surface area contributed by atoms with Crippen LogP contribution in [0.2, 0.25) is 0 Å². The predicted molar refractivity (Wildman–Crippen MR) is 80.8 cm³/mol. The molecule has 0 aliphatic carbocycles. The maximum Gasteiger partial charge on any atom is 0.338 e. The van der Waals surface area contributed by atoms with Gasteiger partial charge in [0.1, 0.15) is 19.0 Å². The van der Waals surface area contributed by atoms with E-state index in [-0.39, 0.29) is 6.61 Å². The highest BCUT2D eigenvalue weighted by Gasteiger charge is 2.06. The number of carbonyl (C=O) groups is 1. The Bertz CT molecular complexity index is 584. The summed E-state index contributed by atoms with van der Waals surface area (Å²) in [5.41, 5.74) is 6.57. The molecule has 2 aromatic rings. The van der Waals surface area contributed by atoms with E-state index in [1.165, 1.54) is 0 Å². The third-order valence-electron chi connectivity index (χ3n) is 2.52. The first kappa shape index (κ1) is 14.4. The lowest BCUT2D eigenvalue weighted by molar-refractivity contribution is 0.0450. The molecular formula is C15H14BrNO3. The highest BCUT2D eigenvalue weighted by Crippen LogP contribution is 2.16. The molecule has 0 bridgehead atoms. The molecule has 0 heterocycles. The summed E-state index contributed by atoms with van der Waals surface area (Å²) in [6.45, 7) is 0.486. The molecule has 0 saturated carbocycles. The van der Waals surface area contributed by atoms with Crippen LogP contribution in [0, 0.1) is 0 Å². The minimum Gasteiger partial charge on any atom is -0.490 e. The van der Waals surface area contributed by atoms with Crippen molar-refractivity contribution in [3.8, 4) is 5.75 Å². The molecule has 2 rings (SSSR count). The largest absolute Gasteiger partial charge is 0.490 e. The third-order valence-corrected chi connectivity index (χ3v) is 3.05. The molecule has 2 N–H and O–H groups in total. The molecule has 2 aromatic carbocycles. The van der Waals surface area contributed by atoms with Gasteiger partial charge in [-0.1, -0.05) is 22.0 Å². The maximum atomic E-state index is 11.7. The summed E-state index contributed by atoms with van der Waals surface area (Å²) < 4.78 is 11.5. The molecule has 0 fully saturated rings. The number of anilines is 1. The van der Waals surface area contributed by atoms with E-state index in [0.29, 0.717) is 17.9 Å². The van der Waals surface area contributed by atoms with E-state index in [1.54, 1.807) is 24.3 Å². The number of benzene rings is 2. The number of rotatable bonds is 5. The number of hydrogen-bond acceptors (Lipinski definition) is 4. The normalized spacial score (nSPS) is 10.1. The van der Waals surface area contributed by atoms with E-state index in [9.17, 15) is 4.79 Å². The molecule has 0 unspecified atom stereocenters. The third kappa shape index (κ3) is 4.28. The maximum absolute atomic E-state index is 11.7. The highest BCUT2D eigenvalue weighted by atomic mass is 79.9. The van der Waals surface area contributed by atoms with Gasteiger partial charge in [-0.2, -0.15) is 0 Å². The van der Waals surface area contributed by atoms with E-state index < -0.39 is 5.97 Å². The summed E-state index contributed by atoms with van der Waals surface area (Å²) in [4.78, 5) is 11.7. The zero-order chi connectivity index (χ0) is 14.4. The second-order valence-electron chi connectivity index (χ2n) is 4.06. The summed E-state index contributed by atoms with van der Waals surface area (Å²) in [6, 6.07) is 14.1. The summed E-state index contributed by atoms with van der Waals surface area (Å²) in [6.07, 6.45) is 0. The highest BCUT2D eigenvalue weighted by molar-refractivity contribution is 9.10. The van der Waals surface area contributed by atoms with E-state index in [1.807, 2.05) is 24.3 Å². The van der Waals surface area contributed by atoms with Gasteiger partial charge in [0.15, 0.2) is 0 Å². The van der Waals surface area contributed by atoms with Crippen LogP contribution in [-0.4, -0.2) is 19.2 Å². The molecule has 0 aliphatic rings. The van der Waals surface area contributed by atoms with Crippen molar-refractivity contribution in [3.63, 3.8) is 0 Å². The zero-order valence-corrected chi connectivity index (χ0v) is 12.3. The second kappa shape index (κ2) is 6.96. The van der Waals surface area contributed by atoms with Crippen LogP contribution in [0.25, 0.3) is 0 Å². The van der Waals surface area contributed by atoms with Crippen LogP contribution in [0.1, 0.15) is 10.4 Å². The van der Waals surface area contributed by atoms with Gasteiger partial charge in [-0.25, -0.2) is 4.79 Å². The Kier molecular flexibility index (Phi) is 5.01. The lowest BCUT2D eigenvalue weighted by Crippen LogP contribution is -2.12. The molecule has 104 valence electrons. The van der Waals surface area contributed by atoms with Gasteiger partial charge in [-0.05, 0) is 42.5 Å². The lowest BCUT2D eigenvalue weighted by atomic mass is 10.2. The van der Waals surface area contributed by atoms with Crippen molar-refractivity contribution in [1.82, 2.24) is 0 Å². The predicted octanol–water partition coefficient (Wildman–Crippen LogP) is 3.27. The van der Waals surface area contributed by atoms with Crippen LogP contribution < -0.4 is 10.5 Å². The van der Waals surface area contributed by atoms with Gasteiger partial charge in [-0.15, -0.1) is 0 Å². The van der Waals surface area contributed by atoms with Crippen molar-refractivity contribution in [3.05, 3.63) is 58.6 Å². The van der Waals surface area contributed by atoms with Crippen molar-refractivity contribution >= 4 is 27.6 Å². The fourth-order valence-corrected chi connectivity index (χ4v) is 1.84. The van der Waals surface area contributed by atoms with Gasteiger partial charge in [-0.3, -0.25) is 0 Å². The first-order valence-corrected chi connectivity index (χ1v) is 6.85. The average Bonchev–Trinajstić information content (AvgIpc) is 2.45. The van der Waals surface area contributed by atoms with Crippen LogP contribution in [0.5, 0.6) is 5.75 Å². The molecule has 0 aliphatic heterocycles. The van der Waals surface area contributed by atoms with Gasteiger partial charge in [0.25, 0.3) is 0 Å². The Morgan fingerprint density at radius 2 is 1.85 bits per heavy atom. The molecule has 5 heteroatoms. The molecule has 20 heavy (non-hydrogen) atoms. The first-order chi connectivity index (χ1) is 9.65. The number of halogens is 1. The molecule has 0 amide bonds. The van der Waals surface area contributed by atoms with Crippen molar-refractivity contribution in [1.29, 1.82) is 0 Å². The Morgan fingerprint density at radius 3 is 2.55 bits per heavy atom. The molecule has 0 spiro atoms. The van der Waals surface area contributed by atoms with Gasteiger partial charge in [0.05, 0.1) is 5.56 Å². The fourth-order valence-electron chi connectivity index (χ4n) is 1.57. The molecular weight excluding hydrogens is 322 g/mol. The Balaban J connectivity index is 1.76. The minimum atomic E-state index is -0.406. The van der Waals surface area contributed by atoms with Gasteiger partial charge in [0.2, 0.25) is 0 Å². The zero-order valence-electron chi connectivity index (χ0n) is 10.7. The van der Waals surface area contributed by atoms with Gasteiger partial charge < -0.3 is 15.2 Å². The summed E-state index contributed by atoms with van der Waals surface area (Å²) >= 11 is 3.34. The SMILES string of the molecule is Nc1cccc(C(=O)OCCOc2ccc(Br)cc2)c1. The molecule has 0 saturated heterocycles. The van der Waals surface area contributed by atoms with Crippen molar-refractivity contribution in [2.45, 2.75) is 0 Å². The Labute approximate surface area is 125 Å². The standard InChI is InChI=1S/C15H14BrNO3/c16-12-4-6-14(7-5-12)19-8-9-20-15(18)11-2-1-3-13(17)10-11/h1-7,10H,8-9,17H2. The van der Waals surface area contributed by atoms with Crippen LogP contribution in [0.3, 0.4) is 0 Å². The summed E-state index contributed by atoms with van der Waals surface area (Å²) in [7, 11) is 0. The summed E-state index contributed by atoms with van der Waals surface area (Å²) in [5, 5.41) is 0. The van der Waals surface area contributed by atoms with Crippen LogP contribution >= 0.6 is 15.9 Å². The number of ether oxygens (including phenoxy) is 2. The average molecular weight is 336 g/mol. The van der Waals surface area contributed by atoms with Crippen LogP contribution in [0.4, 0.5) is 5.69 Å². The van der Waals surface area contributed by atoms with Crippen molar-refractivity contribution in [2.75, 3.05) is 18.9 Å². The van der Waals surface area contributed by atoms with E-state index >= 15 is 0 Å². The minimum absolute atomic E-state index is 0.184. The fraction of sp³-hybridized carbons (Fsp3) is 0.133. The van der Waals surface area contributed by atoms with Crippen LogP contribution in [-0.2, 0) is 4.74 Å². The van der Waals surface area contributed by atoms with Crippen LogP contribution in [0.15, 0.2) is 53.0 Å². The van der Waals surface area contributed by atoms with Crippen molar-refractivity contribution < 1.29 is 14.3 Å². The quantitative estimate of drug-likeness (QED) is 0.517. The number of hydrogen-bond donors (Lipinski definition) is 1. The van der Waals surface area contributed by atoms with E-state index in [0.717, 1.165) is 10.2 Å². The Morgan fingerprint density at radius 1 is 1.10 bits per heavy atom. The van der Waals surface area contributed by atoms with E-state index in [2.05, 4.69) is 15.9 Å². The van der Waals surface area contributed by atoms with Gasteiger partial charge >= 0.3 is 5.97 Å². The topological polar surface area (TPSA) is 61.6 Å². The number of nitrogen functional groups attached to an aromatic ring is 1. The summed E-state index contributed by atoms with van der Waals surface area (Å²) in [5.74, 6) is 0.324. The Hall–Kier alpha value is -2.01. The second-order valence-corrected chi connectivity index (χ2v) is 4.98. The molecule has 0 aromatic heterocycles. The van der Waals surface area contributed by atoms with Crippen molar-refractivity contribution in [2.24, 2.45) is 0 Å². The molecule has 0 radical (unpaired) electrons. The van der Waals surface area contributed by atoms with Gasteiger partial charge in [0, 0.05) is 10.2 Å². The monoisotopic (exact) mass is 335 g/mol. The lowest BCUT2D eigenvalue weighted by Gasteiger charge is -2.07. The smallest absolute Gasteiger partial charge is 0.338 e. The first-order valence-electron chi connectivity index (χ1n) is 6.06.